The van der Waals surface area contributed by atoms with Gasteiger partial charge in [-0.15, -0.1) is 0 Å². The van der Waals surface area contributed by atoms with E-state index < -0.39 is 0 Å². The molecule has 92 valence electrons. The Kier molecular flexibility index (Phi) is 3.13. The predicted octanol–water partition coefficient (Wildman–Crippen LogP) is 4.23. The molecule has 2 aromatic rings. The molecule has 0 saturated heterocycles. The van der Waals surface area contributed by atoms with Crippen LogP contribution in [-0.2, 0) is 6.42 Å². The van der Waals surface area contributed by atoms with E-state index in [0.29, 0.717) is 5.92 Å². The Morgan fingerprint density at radius 3 is 2.72 bits per heavy atom. The van der Waals surface area contributed by atoms with Crippen LogP contribution >= 0.6 is 15.9 Å². The van der Waals surface area contributed by atoms with Crippen LogP contribution in [0.5, 0.6) is 0 Å². The number of benzene rings is 2. The molecule has 0 spiro atoms. The van der Waals surface area contributed by atoms with Gasteiger partial charge in [0, 0.05) is 29.7 Å². The van der Waals surface area contributed by atoms with Crippen molar-refractivity contribution in [1.82, 2.24) is 0 Å². The Morgan fingerprint density at radius 1 is 1.17 bits per heavy atom. The molecule has 0 saturated carbocycles. The molecule has 3 rings (SSSR count). The first-order chi connectivity index (χ1) is 8.74. The number of hydrogen-bond acceptors (Lipinski definition) is 1. The molecule has 1 nitrogen and oxygen atoms in total. The summed E-state index contributed by atoms with van der Waals surface area (Å²) in [6.45, 7) is 1.11. The van der Waals surface area contributed by atoms with Gasteiger partial charge in [0.1, 0.15) is 0 Å². The number of anilines is 1. The Bertz CT molecular complexity index is 550. The fraction of sp³-hybridized carbons (Fsp3) is 0.250. The first-order valence-corrected chi connectivity index (χ1v) is 7.08. The average Bonchev–Trinajstić information content (AvgIpc) is 2.67. The molecule has 0 radical (unpaired) electrons. The fourth-order valence-electron chi connectivity index (χ4n) is 2.80. The van der Waals surface area contributed by atoms with Crippen molar-refractivity contribution in [2.45, 2.75) is 12.3 Å². The predicted molar refractivity (Wildman–Crippen MR) is 80.3 cm³/mol. The number of nitrogens with zero attached hydrogens (tertiary/aromatic N) is 1. The van der Waals surface area contributed by atoms with Crippen molar-refractivity contribution in [1.29, 1.82) is 0 Å². The lowest BCUT2D eigenvalue weighted by atomic mass is 9.94. The van der Waals surface area contributed by atoms with Crippen LogP contribution < -0.4 is 4.90 Å². The third-order valence-electron chi connectivity index (χ3n) is 3.66. The maximum Gasteiger partial charge on any atom is 0.0400 e. The van der Waals surface area contributed by atoms with Gasteiger partial charge in [-0.25, -0.2) is 0 Å². The van der Waals surface area contributed by atoms with E-state index in [9.17, 15) is 0 Å². The van der Waals surface area contributed by atoms with Gasteiger partial charge < -0.3 is 4.90 Å². The zero-order valence-electron chi connectivity index (χ0n) is 10.4. The van der Waals surface area contributed by atoms with E-state index >= 15 is 0 Å². The van der Waals surface area contributed by atoms with E-state index in [1.54, 1.807) is 0 Å². The average molecular weight is 302 g/mol. The first-order valence-electron chi connectivity index (χ1n) is 6.28. The smallest absolute Gasteiger partial charge is 0.0400 e. The van der Waals surface area contributed by atoms with Crippen LogP contribution in [0.2, 0.25) is 0 Å². The van der Waals surface area contributed by atoms with Crippen LogP contribution in [0.1, 0.15) is 17.0 Å². The maximum absolute atomic E-state index is 3.58. The van der Waals surface area contributed by atoms with Crippen LogP contribution in [-0.4, -0.2) is 13.6 Å². The maximum atomic E-state index is 3.58. The molecule has 1 heterocycles. The number of likely N-dealkylation sites (N-methyl/N-ethyl adjacent to an activating group) is 1. The van der Waals surface area contributed by atoms with E-state index in [1.165, 1.54) is 21.3 Å². The third kappa shape index (κ3) is 2.17. The molecule has 2 heteroatoms. The number of fused-ring (bicyclic) bond motifs is 1. The molecule has 18 heavy (non-hydrogen) atoms. The van der Waals surface area contributed by atoms with E-state index in [4.69, 9.17) is 0 Å². The van der Waals surface area contributed by atoms with E-state index in [2.05, 4.69) is 76.4 Å². The SMILES string of the molecule is CN1CC(Cc2ccccc2)c2cc(Br)ccc21. The summed E-state index contributed by atoms with van der Waals surface area (Å²) in [5, 5.41) is 0. The van der Waals surface area contributed by atoms with Crippen LogP contribution in [0.3, 0.4) is 0 Å². The highest BCUT2D eigenvalue weighted by Crippen LogP contribution is 2.38. The van der Waals surface area contributed by atoms with Crippen LogP contribution in [0, 0.1) is 0 Å². The summed E-state index contributed by atoms with van der Waals surface area (Å²) < 4.78 is 1.18. The summed E-state index contributed by atoms with van der Waals surface area (Å²) in [6, 6.07) is 17.4. The van der Waals surface area contributed by atoms with Crippen molar-refractivity contribution in [3.8, 4) is 0 Å². The van der Waals surface area contributed by atoms with E-state index in [-0.39, 0.29) is 0 Å². The van der Waals surface area contributed by atoms with Gasteiger partial charge in [0.05, 0.1) is 0 Å². The fourth-order valence-corrected chi connectivity index (χ4v) is 3.18. The Hall–Kier alpha value is -1.28. The summed E-state index contributed by atoms with van der Waals surface area (Å²) in [4.78, 5) is 2.36. The summed E-state index contributed by atoms with van der Waals surface area (Å²) >= 11 is 3.58. The summed E-state index contributed by atoms with van der Waals surface area (Å²) in [5.41, 5.74) is 4.26. The lowest BCUT2D eigenvalue weighted by molar-refractivity contribution is 0.716. The molecule has 2 aromatic carbocycles. The second kappa shape index (κ2) is 4.77. The highest BCUT2D eigenvalue weighted by molar-refractivity contribution is 9.10. The topological polar surface area (TPSA) is 3.24 Å². The van der Waals surface area contributed by atoms with Crippen molar-refractivity contribution in [3.05, 3.63) is 64.1 Å². The molecule has 0 bridgehead atoms. The standard InChI is InChI=1S/C16H16BrN/c1-18-11-13(9-12-5-3-2-4-6-12)15-10-14(17)7-8-16(15)18/h2-8,10,13H,9,11H2,1H3. The number of hydrogen-bond donors (Lipinski definition) is 0. The third-order valence-corrected chi connectivity index (χ3v) is 4.15. The highest BCUT2D eigenvalue weighted by atomic mass is 79.9. The monoisotopic (exact) mass is 301 g/mol. The molecule has 1 unspecified atom stereocenters. The molecule has 1 atom stereocenters. The molecule has 1 aliphatic rings. The van der Waals surface area contributed by atoms with Crippen LogP contribution in [0.15, 0.2) is 53.0 Å². The molecule has 0 aromatic heterocycles. The molecule has 1 aliphatic heterocycles. The van der Waals surface area contributed by atoms with E-state index in [1.807, 2.05) is 0 Å². The van der Waals surface area contributed by atoms with Gasteiger partial charge in [0.25, 0.3) is 0 Å². The number of rotatable bonds is 2. The van der Waals surface area contributed by atoms with Gasteiger partial charge in [-0.05, 0) is 35.7 Å². The number of halogens is 1. The highest BCUT2D eigenvalue weighted by Gasteiger charge is 2.26. The molecular formula is C16H16BrN. The zero-order valence-corrected chi connectivity index (χ0v) is 12.0. The Labute approximate surface area is 117 Å². The molecule has 0 fully saturated rings. The van der Waals surface area contributed by atoms with Crippen molar-refractivity contribution < 1.29 is 0 Å². The van der Waals surface area contributed by atoms with E-state index in [0.717, 1.165) is 13.0 Å². The van der Waals surface area contributed by atoms with Crippen molar-refractivity contribution in [2.75, 3.05) is 18.5 Å². The van der Waals surface area contributed by atoms with Crippen molar-refractivity contribution >= 4 is 21.6 Å². The van der Waals surface area contributed by atoms with Gasteiger partial charge in [-0.2, -0.15) is 0 Å². The first kappa shape index (κ1) is 11.8. The molecule has 0 amide bonds. The lowest BCUT2D eigenvalue weighted by Gasteiger charge is -2.12. The van der Waals surface area contributed by atoms with Crippen molar-refractivity contribution in [3.63, 3.8) is 0 Å². The minimum Gasteiger partial charge on any atom is -0.374 e. The van der Waals surface area contributed by atoms with Gasteiger partial charge in [-0.3, -0.25) is 0 Å². The van der Waals surface area contributed by atoms with Gasteiger partial charge in [0.2, 0.25) is 0 Å². The van der Waals surface area contributed by atoms with Gasteiger partial charge >= 0.3 is 0 Å². The Balaban J connectivity index is 1.90. The largest absolute Gasteiger partial charge is 0.374 e. The lowest BCUT2D eigenvalue weighted by Crippen LogP contribution is -2.16. The summed E-state index contributed by atoms with van der Waals surface area (Å²) in [6.07, 6.45) is 1.12. The Morgan fingerprint density at radius 2 is 1.94 bits per heavy atom. The normalized spacial score (nSPS) is 17.9. The van der Waals surface area contributed by atoms with Crippen LogP contribution in [0.4, 0.5) is 5.69 Å². The van der Waals surface area contributed by atoms with Crippen LogP contribution in [0.25, 0.3) is 0 Å². The van der Waals surface area contributed by atoms with Crippen molar-refractivity contribution in [2.24, 2.45) is 0 Å². The summed E-state index contributed by atoms with van der Waals surface area (Å²) in [7, 11) is 2.18. The molecular weight excluding hydrogens is 286 g/mol. The zero-order chi connectivity index (χ0) is 12.5. The summed E-state index contributed by atoms with van der Waals surface area (Å²) in [5.74, 6) is 0.602. The minimum atomic E-state index is 0.602. The quantitative estimate of drug-likeness (QED) is 0.802. The molecule has 0 N–H and O–H groups in total. The molecule has 0 aliphatic carbocycles. The van der Waals surface area contributed by atoms with Gasteiger partial charge in [0.15, 0.2) is 0 Å². The van der Waals surface area contributed by atoms with Gasteiger partial charge in [-0.1, -0.05) is 46.3 Å². The minimum absolute atomic E-state index is 0.602. The second-order valence-electron chi connectivity index (χ2n) is 4.97. The second-order valence-corrected chi connectivity index (χ2v) is 5.89.